The Labute approximate surface area is 156 Å². The van der Waals surface area contributed by atoms with E-state index in [0.717, 1.165) is 4.90 Å². The Hall–Kier alpha value is -3.35. The van der Waals surface area contributed by atoms with Crippen molar-refractivity contribution >= 4 is 23.9 Å². The molecule has 0 atom stereocenters. The first-order valence-electron chi connectivity index (χ1n) is 8.58. The molecule has 0 saturated carbocycles. The number of hydrogen-bond acceptors (Lipinski definition) is 5. The van der Waals surface area contributed by atoms with Crippen LogP contribution in [0.4, 0.5) is 4.79 Å². The van der Waals surface area contributed by atoms with E-state index in [2.05, 4.69) is 19.2 Å². The first-order valence-corrected chi connectivity index (χ1v) is 8.58. The number of rotatable bonds is 6. The number of amides is 4. The Bertz CT molecular complexity index is 866. The Kier molecular flexibility index (Phi) is 5.40. The quantitative estimate of drug-likeness (QED) is 0.625. The first-order chi connectivity index (χ1) is 12.9. The van der Waals surface area contributed by atoms with Crippen molar-refractivity contribution in [2.24, 2.45) is 5.92 Å². The van der Waals surface area contributed by atoms with Crippen LogP contribution in [0.25, 0.3) is 6.08 Å². The molecule has 3 rings (SSSR count). The van der Waals surface area contributed by atoms with Crippen molar-refractivity contribution in [1.82, 2.24) is 10.2 Å². The minimum absolute atomic E-state index is 0.0513. The van der Waals surface area contributed by atoms with Crippen molar-refractivity contribution in [1.29, 1.82) is 0 Å². The van der Waals surface area contributed by atoms with Gasteiger partial charge in [-0.2, -0.15) is 0 Å². The minimum atomic E-state index is -0.768. The molecule has 2 aromatic rings. The molecule has 0 bridgehead atoms. The van der Waals surface area contributed by atoms with Gasteiger partial charge in [-0.15, -0.1) is 0 Å². The van der Waals surface area contributed by atoms with E-state index in [-0.39, 0.29) is 12.1 Å². The second-order valence-corrected chi connectivity index (χ2v) is 6.56. The van der Waals surface area contributed by atoms with Gasteiger partial charge in [-0.1, -0.05) is 26.0 Å². The summed E-state index contributed by atoms with van der Waals surface area (Å²) in [4.78, 5) is 37.7. The van der Waals surface area contributed by atoms with Crippen molar-refractivity contribution < 1.29 is 23.5 Å². The molecule has 140 valence electrons. The monoisotopic (exact) mass is 368 g/mol. The van der Waals surface area contributed by atoms with E-state index in [9.17, 15) is 14.4 Å². The zero-order valence-electron chi connectivity index (χ0n) is 15.1. The number of barbiturate groups is 1. The molecule has 4 amide bonds. The zero-order chi connectivity index (χ0) is 19.4. The van der Waals surface area contributed by atoms with Crippen molar-refractivity contribution in [3.8, 4) is 5.75 Å². The highest BCUT2D eigenvalue weighted by Gasteiger charge is 2.36. The number of nitrogens with zero attached hydrogens (tertiary/aromatic N) is 1. The average molecular weight is 368 g/mol. The first kappa shape index (κ1) is 18.4. The third kappa shape index (κ3) is 4.44. The maximum Gasteiger partial charge on any atom is 0.331 e. The zero-order valence-corrected chi connectivity index (χ0v) is 15.1. The van der Waals surface area contributed by atoms with Gasteiger partial charge < -0.3 is 9.15 Å². The summed E-state index contributed by atoms with van der Waals surface area (Å²) in [6.45, 7) is 4.67. The normalized spacial score (nSPS) is 16.2. The molecular formula is C20H20N2O5. The number of furan rings is 1. The van der Waals surface area contributed by atoms with Crippen molar-refractivity contribution in [3.63, 3.8) is 0 Å². The summed E-state index contributed by atoms with van der Waals surface area (Å²) in [6.07, 6.45) is 2.90. The van der Waals surface area contributed by atoms with Gasteiger partial charge in [0.15, 0.2) is 0 Å². The summed E-state index contributed by atoms with van der Waals surface area (Å²) in [6, 6.07) is 9.57. The van der Waals surface area contributed by atoms with Gasteiger partial charge in [-0.05, 0) is 41.8 Å². The third-order valence-electron chi connectivity index (χ3n) is 3.85. The van der Waals surface area contributed by atoms with Gasteiger partial charge in [0, 0.05) is 0 Å². The lowest BCUT2D eigenvalue weighted by Crippen LogP contribution is -2.53. The highest BCUT2D eigenvalue weighted by Crippen LogP contribution is 2.19. The van der Waals surface area contributed by atoms with E-state index in [1.54, 1.807) is 36.4 Å². The number of imide groups is 2. The topological polar surface area (TPSA) is 88.8 Å². The second kappa shape index (κ2) is 7.90. The number of hydrogen-bond donors (Lipinski definition) is 1. The standard InChI is InChI=1S/C20H20N2O5/c1-13(2)12-27-15-7-5-14(6-8-15)10-17-18(23)21-20(25)22(19(17)24)11-16-4-3-9-26-16/h3-10,13H,11-12H2,1-2H3,(H,21,23,25)/b17-10+. The van der Waals surface area contributed by atoms with E-state index in [1.165, 1.54) is 12.3 Å². The summed E-state index contributed by atoms with van der Waals surface area (Å²) in [5, 5.41) is 2.18. The van der Waals surface area contributed by atoms with Gasteiger partial charge in [0.05, 0.1) is 19.4 Å². The molecule has 0 radical (unpaired) electrons. The van der Waals surface area contributed by atoms with Crippen LogP contribution in [0, 0.1) is 5.92 Å². The van der Waals surface area contributed by atoms with Crippen molar-refractivity contribution in [2.45, 2.75) is 20.4 Å². The summed E-state index contributed by atoms with van der Waals surface area (Å²) in [5.74, 6) is 0.174. The van der Waals surface area contributed by atoms with Gasteiger partial charge in [0.2, 0.25) is 0 Å². The third-order valence-corrected chi connectivity index (χ3v) is 3.85. The lowest BCUT2D eigenvalue weighted by Gasteiger charge is -2.25. The molecule has 1 aliphatic heterocycles. The molecule has 7 nitrogen and oxygen atoms in total. The largest absolute Gasteiger partial charge is 0.493 e. The van der Waals surface area contributed by atoms with Crippen LogP contribution in [0.2, 0.25) is 0 Å². The molecule has 0 spiro atoms. The van der Waals surface area contributed by atoms with E-state index in [4.69, 9.17) is 9.15 Å². The fourth-order valence-electron chi connectivity index (χ4n) is 2.49. The molecule has 2 heterocycles. The van der Waals surface area contributed by atoms with Crippen LogP contribution in [0.5, 0.6) is 5.75 Å². The minimum Gasteiger partial charge on any atom is -0.493 e. The fourth-order valence-corrected chi connectivity index (χ4v) is 2.49. The molecule has 1 fully saturated rings. The van der Waals surface area contributed by atoms with Gasteiger partial charge in [0.1, 0.15) is 17.1 Å². The van der Waals surface area contributed by atoms with Crippen LogP contribution in [-0.4, -0.2) is 29.4 Å². The highest BCUT2D eigenvalue weighted by molar-refractivity contribution is 6.30. The predicted octanol–water partition coefficient (Wildman–Crippen LogP) is 2.98. The highest BCUT2D eigenvalue weighted by atomic mass is 16.5. The average Bonchev–Trinajstić information content (AvgIpc) is 3.14. The maximum atomic E-state index is 12.6. The Balaban J connectivity index is 1.78. The summed E-state index contributed by atoms with van der Waals surface area (Å²) in [7, 11) is 0. The van der Waals surface area contributed by atoms with Gasteiger partial charge in [-0.25, -0.2) is 4.79 Å². The molecule has 1 N–H and O–H groups in total. The van der Waals surface area contributed by atoms with Gasteiger partial charge in [0.25, 0.3) is 11.8 Å². The number of urea groups is 1. The van der Waals surface area contributed by atoms with Gasteiger partial charge >= 0.3 is 6.03 Å². The van der Waals surface area contributed by atoms with Crippen LogP contribution in [0.3, 0.4) is 0 Å². The van der Waals surface area contributed by atoms with Crippen LogP contribution >= 0.6 is 0 Å². The summed E-state index contributed by atoms with van der Waals surface area (Å²) < 4.78 is 10.8. The lowest BCUT2D eigenvalue weighted by molar-refractivity contribution is -0.130. The number of nitrogens with one attached hydrogen (secondary N) is 1. The second-order valence-electron chi connectivity index (χ2n) is 6.56. The maximum absolute atomic E-state index is 12.6. The predicted molar refractivity (Wildman–Crippen MR) is 97.5 cm³/mol. The Morgan fingerprint density at radius 3 is 2.52 bits per heavy atom. The Morgan fingerprint density at radius 1 is 1.15 bits per heavy atom. The van der Waals surface area contributed by atoms with Crippen LogP contribution in [0.15, 0.2) is 52.7 Å². The van der Waals surface area contributed by atoms with E-state index in [0.29, 0.717) is 29.6 Å². The molecule has 1 aromatic heterocycles. The summed E-state index contributed by atoms with van der Waals surface area (Å²) in [5.41, 5.74) is 0.537. The van der Waals surface area contributed by atoms with E-state index in [1.807, 2.05) is 0 Å². The number of ether oxygens (including phenoxy) is 1. The van der Waals surface area contributed by atoms with Crippen molar-refractivity contribution in [3.05, 3.63) is 59.6 Å². The number of benzene rings is 1. The SMILES string of the molecule is CC(C)COc1ccc(/C=C2\C(=O)NC(=O)N(Cc3ccco3)C2=O)cc1. The molecule has 0 unspecified atom stereocenters. The number of carbonyl (C=O) groups is 3. The van der Waals surface area contributed by atoms with E-state index >= 15 is 0 Å². The molecule has 1 aliphatic rings. The fraction of sp³-hybridized carbons (Fsp3) is 0.250. The summed E-state index contributed by atoms with van der Waals surface area (Å²) >= 11 is 0. The van der Waals surface area contributed by atoms with E-state index < -0.39 is 17.8 Å². The van der Waals surface area contributed by atoms with Gasteiger partial charge in [-0.3, -0.25) is 19.8 Å². The molecular weight excluding hydrogens is 348 g/mol. The molecule has 0 aliphatic carbocycles. The number of carbonyl (C=O) groups excluding carboxylic acids is 3. The smallest absolute Gasteiger partial charge is 0.331 e. The van der Waals surface area contributed by atoms with Crippen molar-refractivity contribution in [2.75, 3.05) is 6.61 Å². The molecule has 1 aromatic carbocycles. The van der Waals surface area contributed by atoms with Crippen LogP contribution in [0.1, 0.15) is 25.2 Å². The van der Waals surface area contributed by atoms with Crippen LogP contribution < -0.4 is 10.1 Å². The Morgan fingerprint density at radius 2 is 1.89 bits per heavy atom. The molecule has 1 saturated heterocycles. The van der Waals surface area contributed by atoms with Crippen LogP contribution in [-0.2, 0) is 16.1 Å². The molecule has 27 heavy (non-hydrogen) atoms. The lowest BCUT2D eigenvalue weighted by atomic mass is 10.1. The molecule has 7 heteroatoms.